The van der Waals surface area contributed by atoms with Crippen LogP contribution in [0.2, 0.25) is 0 Å². The van der Waals surface area contributed by atoms with E-state index in [2.05, 4.69) is 19.2 Å². The van der Waals surface area contributed by atoms with Crippen molar-refractivity contribution in [2.45, 2.75) is 64.0 Å². The molecule has 0 amide bonds. The van der Waals surface area contributed by atoms with Crippen LogP contribution >= 0.6 is 0 Å². The molecule has 0 aromatic heterocycles. The van der Waals surface area contributed by atoms with Gasteiger partial charge >= 0.3 is 0 Å². The molecule has 1 N–H and O–H groups in total. The van der Waals surface area contributed by atoms with Crippen LogP contribution in [0.1, 0.15) is 52.4 Å². The molecule has 88 valence electrons. The summed E-state index contributed by atoms with van der Waals surface area (Å²) in [5.74, 6) is 0.751. The summed E-state index contributed by atoms with van der Waals surface area (Å²) in [5.41, 5.74) is 0.423. The van der Waals surface area contributed by atoms with Gasteiger partial charge in [-0.3, -0.25) is 0 Å². The van der Waals surface area contributed by atoms with E-state index in [1.165, 1.54) is 45.1 Å². The Morgan fingerprint density at radius 3 is 2.80 bits per heavy atom. The minimum absolute atomic E-state index is 0.423. The Bertz CT molecular complexity index is 191. The Labute approximate surface area is 93.8 Å². The van der Waals surface area contributed by atoms with Crippen LogP contribution in [0.15, 0.2) is 0 Å². The van der Waals surface area contributed by atoms with Crippen molar-refractivity contribution in [3.8, 4) is 0 Å². The largest absolute Gasteiger partial charge is 0.378 e. The predicted molar refractivity (Wildman–Crippen MR) is 63.0 cm³/mol. The van der Waals surface area contributed by atoms with E-state index in [9.17, 15) is 0 Å². The Balaban J connectivity index is 1.83. The standard InChI is InChI=1S/C13H25NO/c1-11(2)13(7-4-9-14-13)8-6-12-5-3-10-15-12/h11-12,14H,3-10H2,1-2H3. The van der Waals surface area contributed by atoms with Gasteiger partial charge in [0.25, 0.3) is 0 Å². The summed E-state index contributed by atoms with van der Waals surface area (Å²) < 4.78 is 5.71. The van der Waals surface area contributed by atoms with Gasteiger partial charge in [-0.2, -0.15) is 0 Å². The third-order valence-electron chi connectivity index (χ3n) is 4.32. The van der Waals surface area contributed by atoms with E-state index in [-0.39, 0.29) is 0 Å². The van der Waals surface area contributed by atoms with Crippen LogP contribution < -0.4 is 5.32 Å². The zero-order chi connectivity index (χ0) is 10.7. The lowest BCUT2D eigenvalue weighted by molar-refractivity contribution is 0.0892. The lowest BCUT2D eigenvalue weighted by Gasteiger charge is -2.34. The fourth-order valence-corrected chi connectivity index (χ4v) is 3.11. The first-order valence-corrected chi connectivity index (χ1v) is 6.59. The Morgan fingerprint density at radius 1 is 1.40 bits per heavy atom. The summed E-state index contributed by atoms with van der Waals surface area (Å²) in [6.45, 7) is 6.91. The lowest BCUT2D eigenvalue weighted by Crippen LogP contribution is -2.45. The van der Waals surface area contributed by atoms with Crippen LogP contribution in [-0.4, -0.2) is 24.8 Å². The van der Waals surface area contributed by atoms with Gasteiger partial charge in [0.05, 0.1) is 6.10 Å². The molecule has 2 fully saturated rings. The van der Waals surface area contributed by atoms with Crippen LogP contribution in [0.4, 0.5) is 0 Å². The SMILES string of the molecule is CC(C)C1(CCC2CCCO2)CCCN1. The van der Waals surface area contributed by atoms with Gasteiger partial charge < -0.3 is 10.1 Å². The number of hydrogen-bond donors (Lipinski definition) is 1. The maximum absolute atomic E-state index is 5.71. The molecular weight excluding hydrogens is 186 g/mol. The van der Waals surface area contributed by atoms with Crippen molar-refractivity contribution in [3.63, 3.8) is 0 Å². The summed E-state index contributed by atoms with van der Waals surface area (Å²) in [6, 6.07) is 0. The van der Waals surface area contributed by atoms with E-state index in [0.29, 0.717) is 11.6 Å². The van der Waals surface area contributed by atoms with E-state index in [0.717, 1.165) is 12.5 Å². The van der Waals surface area contributed by atoms with E-state index in [1.807, 2.05) is 0 Å². The molecule has 0 radical (unpaired) electrons. The fraction of sp³-hybridized carbons (Fsp3) is 1.00. The molecule has 0 saturated carbocycles. The Morgan fingerprint density at radius 2 is 2.27 bits per heavy atom. The topological polar surface area (TPSA) is 21.3 Å². The van der Waals surface area contributed by atoms with Crippen molar-refractivity contribution in [3.05, 3.63) is 0 Å². The molecule has 0 aliphatic carbocycles. The molecule has 2 aliphatic heterocycles. The van der Waals surface area contributed by atoms with Crippen molar-refractivity contribution in [1.29, 1.82) is 0 Å². The summed E-state index contributed by atoms with van der Waals surface area (Å²) in [6.07, 6.45) is 8.38. The first kappa shape index (κ1) is 11.4. The van der Waals surface area contributed by atoms with Gasteiger partial charge in [-0.1, -0.05) is 13.8 Å². The van der Waals surface area contributed by atoms with Gasteiger partial charge in [-0.15, -0.1) is 0 Å². The summed E-state index contributed by atoms with van der Waals surface area (Å²) >= 11 is 0. The highest BCUT2D eigenvalue weighted by Gasteiger charge is 2.36. The normalized spacial score (nSPS) is 36.6. The second-order valence-electron chi connectivity index (χ2n) is 5.51. The quantitative estimate of drug-likeness (QED) is 0.772. The Hall–Kier alpha value is -0.0800. The lowest BCUT2D eigenvalue weighted by atomic mass is 9.80. The van der Waals surface area contributed by atoms with Gasteiger partial charge in [0, 0.05) is 12.1 Å². The summed E-state index contributed by atoms with van der Waals surface area (Å²) in [7, 11) is 0. The van der Waals surface area contributed by atoms with Crippen LogP contribution in [0.5, 0.6) is 0 Å². The monoisotopic (exact) mass is 211 g/mol. The van der Waals surface area contributed by atoms with Crippen LogP contribution in [0.3, 0.4) is 0 Å². The summed E-state index contributed by atoms with van der Waals surface area (Å²) in [4.78, 5) is 0. The Kier molecular flexibility index (Phi) is 3.68. The van der Waals surface area contributed by atoms with Crippen molar-refractivity contribution >= 4 is 0 Å². The molecule has 0 spiro atoms. The highest BCUT2D eigenvalue weighted by Crippen LogP contribution is 2.33. The zero-order valence-corrected chi connectivity index (χ0v) is 10.2. The number of rotatable bonds is 4. The molecule has 2 heterocycles. The molecule has 2 saturated heterocycles. The van der Waals surface area contributed by atoms with Gasteiger partial charge in [0.2, 0.25) is 0 Å². The zero-order valence-electron chi connectivity index (χ0n) is 10.2. The first-order chi connectivity index (χ1) is 7.23. The smallest absolute Gasteiger partial charge is 0.0576 e. The van der Waals surface area contributed by atoms with Crippen LogP contribution in [0, 0.1) is 5.92 Å². The van der Waals surface area contributed by atoms with E-state index >= 15 is 0 Å². The third kappa shape index (κ3) is 2.54. The molecule has 2 atom stereocenters. The minimum Gasteiger partial charge on any atom is -0.378 e. The van der Waals surface area contributed by atoms with Gasteiger partial charge in [0.1, 0.15) is 0 Å². The van der Waals surface area contributed by atoms with Gasteiger partial charge in [-0.05, 0) is 51.0 Å². The average molecular weight is 211 g/mol. The highest BCUT2D eigenvalue weighted by molar-refractivity contribution is 4.95. The molecule has 0 aromatic carbocycles. The minimum atomic E-state index is 0.423. The van der Waals surface area contributed by atoms with Gasteiger partial charge in [0.15, 0.2) is 0 Å². The maximum Gasteiger partial charge on any atom is 0.0576 e. The molecule has 0 aromatic rings. The molecule has 0 bridgehead atoms. The van der Waals surface area contributed by atoms with E-state index in [1.54, 1.807) is 0 Å². The third-order valence-corrected chi connectivity index (χ3v) is 4.32. The molecular formula is C13H25NO. The molecule has 2 unspecified atom stereocenters. The van der Waals surface area contributed by atoms with E-state index < -0.39 is 0 Å². The fourth-order valence-electron chi connectivity index (χ4n) is 3.11. The molecule has 2 heteroatoms. The van der Waals surface area contributed by atoms with Crippen molar-refractivity contribution in [1.82, 2.24) is 5.32 Å². The molecule has 15 heavy (non-hydrogen) atoms. The number of ether oxygens (including phenoxy) is 1. The second kappa shape index (κ2) is 4.84. The molecule has 2 rings (SSSR count). The van der Waals surface area contributed by atoms with Crippen LogP contribution in [-0.2, 0) is 4.74 Å². The molecule has 2 aliphatic rings. The van der Waals surface area contributed by atoms with Crippen molar-refractivity contribution in [2.75, 3.05) is 13.2 Å². The van der Waals surface area contributed by atoms with E-state index in [4.69, 9.17) is 4.74 Å². The number of hydrogen-bond acceptors (Lipinski definition) is 2. The number of nitrogens with one attached hydrogen (secondary N) is 1. The van der Waals surface area contributed by atoms with Crippen molar-refractivity contribution in [2.24, 2.45) is 5.92 Å². The summed E-state index contributed by atoms with van der Waals surface area (Å²) in [5, 5.41) is 3.74. The average Bonchev–Trinajstić information content (AvgIpc) is 2.87. The second-order valence-corrected chi connectivity index (χ2v) is 5.51. The first-order valence-electron chi connectivity index (χ1n) is 6.59. The van der Waals surface area contributed by atoms with Gasteiger partial charge in [-0.25, -0.2) is 0 Å². The highest BCUT2D eigenvalue weighted by atomic mass is 16.5. The van der Waals surface area contributed by atoms with Crippen LogP contribution in [0.25, 0.3) is 0 Å². The predicted octanol–water partition coefficient (Wildman–Crippen LogP) is 2.72. The molecule has 2 nitrogen and oxygen atoms in total. The maximum atomic E-state index is 5.71. The van der Waals surface area contributed by atoms with Crippen molar-refractivity contribution < 1.29 is 4.74 Å².